The van der Waals surface area contributed by atoms with Crippen molar-refractivity contribution in [3.63, 3.8) is 0 Å². The van der Waals surface area contributed by atoms with E-state index in [1.54, 1.807) is 24.3 Å². The van der Waals surface area contributed by atoms with Crippen LogP contribution < -0.4 is 10.1 Å². The quantitative estimate of drug-likeness (QED) is 0.659. The van der Waals surface area contributed by atoms with Gasteiger partial charge in [-0.25, -0.2) is 4.79 Å². The van der Waals surface area contributed by atoms with E-state index in [2.05, 4.69) is 5.32 Å². The molecule has 0 aliphatic heterocycles. The van der Waals surface area contributed by atoms with Crippen LogP contribution in [0, 0.1) is 6.92 Å². The van der Waals surface area contributed by atoms with E-state index >= 15 is 0 Å². The zero-order valence-electron chi connectivity index (χ0n) is 13.9. The Kier molecular flexibility index (Phi) is 5.00. The Balaban J connectivity index is 1.64. The van der Waals surface area contributed by atoms with Crippen LogP contribution in [0.1, 0.15) is 21.5 Å². The van der Waals surface area contributed by atoms with Crippen LogP contribution in [0.4, 0.5) is 5.69 Å². The number of aromatic carboxylic acids is 1. The summed E-state index contributed by atoms with van der Waals surface area (Å²) in [6, 6.07) is 22.5. The fraction of sp³-hybridized carbons (Fsp3) is 0.0952. The summed E-state index contributed by atoms with van der Waals surface area (Å²) in [5, 5.41) is 12.2. The first-order chi connectivity index (χ1) is 12.1. The van der Waals surface area contributed by atoms with E-state index in [0.717, 1.165) is 28.3 Å². The van der Waals surface area contributed by atoms with Gasteiger partial charge in [-0.2, -0.15) is 0 Å². The van der Waals surface area contributed by atoms with Gasteiger partial charge < -0.3 is 15.2 Å². The Bertz CT molecular complexity index is 872. The Morgan fingerprint density at radius 3 is 2.32 bits per heavy atom. The highest BCUT2D eigenvalue weighted by Crippen LogP contribution is 2.23. The summed E-state index contributed by atoms with van der Waals surface area (Å²) in [6.45, 7) is 2.65. The number of hydrogen-bond donors (Lipinski definition) is 2. The van der Waals surface area contributed by atoms with Gasteiger partial charge >= 0.3 is 5.97 Å². The standard InChI is InChI=1S/C21H19NO3/c1-15-4-2-6-19(12-15)25-20-7-3-5-16(13-20)14-22-18-10-8-17(9-11-18)21(23)24/h2-13,22H,14H2,1H3,(H,23,24). The Hall–Kier alpha value is -3.27. The predicted octanol–water partition coefficient (Wildman–Crippen LogP) is 5.10. The van der Waals surface area contributed by atoms with E-state index in [0.29, 0.717) is 6.54 Å². The third-order valence-corrected chi connectivity index (χ3v) is 3.75. The minimum absolute atomic E-state index is 0.277. The SMILES string of the molecule is Cc1cccc(Oc2cccc(CNc3ccc(C(=O)O)cc3)c2)c1. The molecule has 0 bridgehead atoms. The molecule has 0 radical (unpaired) electrons. The lowest BCUT2D eigenvalue weighted by molar-refractivity contribution is 0.0697. The lowest BCUT2D eigenvalue weighted by Crippen LogP contribution is -2.01. The molecule has 0 fully saturated rings. The Morgan fingerprint density at radius 2 is 1.64 bits per heavy atom. The summed E-state index contributed by atoms with van der Waals surface area (Å²) in [4.78, 5) is 10.9. The van der Waals surface area contributed by atoms with Crippen molar-refractivity contribution < 1.29 is 14.6 Å². The van der Waals surface area contributed by atoms with Crippen molar-refractivity contribution in [2.24, 2.45) is 0 Å². The molecule has 0 amide bonds. The van der Waals surface area contributed by atoms with E-state index < -0.39 is 5.97 Å². The molecule has 0 saturated heterocycles. The highest BCUT2D eigenvalue weighted by molar-refractivity contribution is 5.87. The van der Waals surface area contributed by atoms with E-state index in [1.807, 2.05) is 55.5 Å². The summed E-state index contributed by atoms with van der Waals surface area (Å²) >= 11 is 0. The minimum atomic E-state index is -0.924. The predicted molar refractivity (Wildman–Crippen MR) is 98.4 cm³/mol. The Labute approximate surface area is 146 Å². The molecule has 0 aliphatic rings. The number of carboxylic acids is 1. The number of carboxylic acid groups (broad SMARTS) is 1. The van der Waals surface area contributed by atoms with Gasteiger partial charge in [0.25, 0.3) is 0 Å². The number of ether oxygens (including phenoxy) is 1. The first kappa shape index (κ1) is 16.6. The second-order valence-corrected chi connectivity index (χ2v) is 5.80. The minimum Gasteiger partial charge on any atom is -0.478 e. The maximum atomic E-state index is 10.9. The second-order valence-electron chi connectivity index (χ2n) is 5.80. The average molecular weight is 333 g/mol. The van der Waals surface area contributed by atoms with E-state index in [-0.39, 0.29) is 5.56 Å². The van der Waals surface area contributed by atoms with Crippen LogP contribution in [0.5, 0.6) is 11.5 Å². The van der Waals surface area contributed by atoms with Crippen LogP contribution in [0.15, 0.2) is 72.8 Å². The van der Waals surface area contributed by atoms with Gasteiger partial charge in [-0.1, -0.05) is 24.3 Å². The molecule has 0 unspecified atom stereocenters. The van der Waals surface area contributed by atoms with Gasteiger partial charge in [-0.05, 0) is 66.6 Å². The number of hydrogen-bond acceptors (Lipinski definition) is 3. The van der Waals surface area contributed by atoms with Crippen molar-refractivity contribution in [3.8, 4) is 11.5 Å². The molecule has 25 heavy (non-hydrogen) atoms. The monoisotopic (exact) mass is 333 g/mol. The zero-order chi connectivity index (χ0) is 17.6. The maximum Gasteiger partial charge on any atom is 0.335 e. The highest BCUT2D eigenvalue weighted by Gasteiger charge is 2.03. The van der Waals surface area contributed by atoms with Crippen LogP contribution in [0.2, 0.25) is 0 Å². The van der Waals surface area contributed by atoms with E-state index in [1.165, 1.54) is 0 Å². The number of nitrogens with one attached hydrogen (secondary N) is 1. The van der Waals surface area contributed by atoms with Gasteiger partial charge in [0.2, 0.25) is 0 Å². The third kappa shape index (κ3) is 4.61. The molecule has 0 spiro atoms. The fourth-order valence-electron chi connectivity index (χ4n) is 2.47. The van der Waals surface area contributed by atoms with Crippen molar-refractivity contribution in [2.75, 3.05) is 5.32 Å². The van der Waals surface area contributed by atoms with Gasteiger partial charge in [-0.3, -0.25) is 0 Å². The fourth-order valence-corrected chi connectivity index (χ4v) is 2.47. The highest BCUT2D eigenvalue weighted by atomic mass is 16.5. The lowest BCUT2D eigenvalue weighted by atomic mass is 10.2. The van der Waals surface area contributed by atoms with Crippen molar-refractivity contribution >= 4 is 11.7 Å². The molecule has 0 atom stereocenters. The van der Waals surface area contributed by atoms with Gasteiger partial charge in [0.1, 0.15) is 11.5 Å². The summed E-state index contributed by atoms with van der Waals surface area (Å²) < 4.78 is 5.90. The molecular weight excluding hydrogens is 314 g/mol. The van der Waals surface area contributed by atoms with E-state index in [4.69, 9.17) is 9.84 Å². The van der Waals surface area contributed by atoms with Crippen LogP contribution in [-0.4, -0.2) is 11.1 Å². The summed E-state index contributed by atoms with van der Waals surface area (Å²) in [7, 11) is 0. The second kappa shape index (κ2) is 7.53. The Morgan fingerprint density at radius 1 is 0.960 bits per heavy atom. The average Bonchev–Trinajstić information content (AvgIpc) is 2.61. The molecule has 0 saturated carbocycles. The first-order valence-electron chi connectivity index (χ1n) is 8.01. The largest absolute Gasteiger partial charge is 0.478 e. The molecule has 3 aromatic carbocycles. The topological polar surface area (TPSA) is 58.6 Å². The van der Waals surface area contributed by atoms with Gasteiger partial charge in [0.15, 0.2) is 0 Å². The number of carbonyl (C=O) groups is 1. The van der Waals surface area contributed by atoms with Crippen molar-refractivity contribution in [1.82, 2.24) is 0 Å². The number of rotatable bonds is 6. The van der Waals surface area contributed by atoms with Crippen LogP contribution in [0.3, 0.4) is 0 Å². The molecule has 2 N–H and O–H groups in total. The number of anilines is 1. The lowest BCUT2D eigenvalue weighted by Gasteiger charge is -2.10. The van der Waals surface area contributed by atoms with Gasteiger partial charge in [-0.15, -0.1) is 0 Å². The van der Waals surface area contributed by atoms with Crippen molar-refractivity contribution in [3.05, 3.63) is 89.5 Å². The summed E-state index contributed by atoms with van der Waals surface area (Å²) in [5.74, 6) is 0.674. The molecular formula is C21H19NO3. The van der Waals surface area contributed by atoms with Crippen LogP contribution in [-0.2, 0) is 6.54 Å². The van der Waals surface area contributed by atoms with E-state index in [9.17, 15) is 4.79 Å². The normalized spacial score (nSPS) is 10.3. The molecule has 4 heteroatoms. The smallest absolute Gasteiger partial charge is 0.335 e. The van der Waals surface area contributed by atoms with Crippen LogP contribution in [0.25, 0.3) is 0 Å². The first-order valence-corrected chi connectivity index (χ1v) is 8.01. The summed E-state index contributed by atoms with van der Waals surface area (Å²) in [6.07, 6.45) is 0. The molecule has 3 aromatic rings. The molecule has 0 aliphatic carbocycles. The molecule has 0 aromatic heterocycles. The molecule has 0 heterocycles. The third-order valence-electron chi connectivity index (χ3n) is 3.75. The van der Waals surface area contributed by atoms with Crippen molar-refractivity contribution in [2.45, 2.75) is 13.5 Å². The van der Waals surface area contributed by atoms with Crippen LogP contribution >= 0.6 is 0 Å². The summed E-state index contributed by atoms with van der Waals surface area (Å²) in [5.41, 5.74) is 3.38. The van der Waals surface area contributed by atoms with Gasteiger partial charge in [0, 0.05) is 12.2 Å². The number of aryl methyl sites for hydroxylation is 1. The number of benzene rings is 3. The molecule has 126 valence electrons. The van der Waals surface area contributed by atoms with Gasteiger partial charge in [0.05, 0.1) is 5.56 Å². The maximum absolute atomic E-state index is 10.9. The molecule has 4 nitrogen and oxygen atoms in total. The van der Waals surface area contributed by atoms with Crippen molar-refractivity contribution in [1.29, 1.82) is 0 Å². The zero-order valence-corrected chi connectivity index (χ0v) is 13.9. The molecule has 3 rings (SSSR count).